The van der Waals surface area contributed by atoms with Crippen molar-refractivity contribution in [1.29, 1.82) is 0 Å². The molecule has 0 aromatic carbocycles. The molecule has 0 unspecified atom stereocenters. The van der Waals surface area contributed by atoms with Gasteiger partial charge in [0.05, 0.1) is 11.4 Å². The van der Waals surface area contributed by atoms with Gasteiger partial charge in [0.1, 0.15) is 0 Å². The Morgan fingerprint density at radius 2 is 2.44 bits per heavy atom. The molecule has 4 N–H and O–H groups in total. The summed E-state index contributed by atoms with van der Waals surface area (Å²) in [4.78, 5) is 7.67. The standard InChI is InChI=1S/C11H15N5/c12-6-9-10(8-2-4-13-7-8)15-11-14-3-1-5-16(9)11/h2,4,7,13H,1,3,5-6,12H2,(H,14,15). The Balaban J connectivity index is 2.14. The summed E-state index contributed by atoms with van der Waals surface area (Å²) in [6.45, 7) is 2.52. The van der Waals surface area contributed by atoms with E-state index in [1.54, 1.807) is 0 Å². The van der Waals surface area contributed by atoms with Crippen molar-refractivity contribution in [2.45, 2.75) is 19.5 Å². The quantitative estimate of drug-likeness (QED) is 0.706. The van der Waals surface area contributed by atoms with Crippen LogP contribution in [0.3, 0.4) is 0 Å². The van der Waals surface area contributed by atoms with E-state index >= 15 is 0 Å². The highest BCUT2D eigenvalue weighted by Gasteiger charge is 2.19. The molecule has 0 bridgehead atoms. The van der Waals surface area contributed by atoms with Gasteiger partial charge in [0.25, 0.3) is 0 Å². The van der Waals surface area contributed by atoms with E-state index in [2.05, 4.69) is 19.9 Å². The molecule has 2 aromatic rings. The summed E-state index contributed by atoms with van der Waals surface area (Å²) in [5.74, 6) is 0.947. The summed E-state index contributed by atoms with van der Waals surface area (Å²) in [5.41, 5.74) is 9.03. The van der Waals surface area contributed by atoms with Crippen molar-refractivity contribution in [3.05, 3.63) is 24.2 Å². The Labute approximate surface area is 93.7 Å². The predicted octanol–water partition coefficient (Wildman–Crippen LogP) is 1.15. The Bertz CT molecular complexity index is 483. The minimum absolute atomic E-state index is 0.523. The van der Waals surface area contributed by atoms with E-state index in [1.807, 2.05) is 18.5 Å². The maximum Gasteiger partial charge on any atom is 0.203 e. The summed E-state index contributed by atoms with van der Waals surface area (Å²) < 4.78 is 2.19. The number of rotatable bonds is 2. The molecule has 5 nitrogen and oxygen atoms in total. The smallest absolute Gasteiger partial charge is 0.203 e. The molecule has 1 aliphatic heterocycles. The highest BCUT2D eigenvalue weighted by atomic mass is 15.2. The van der Waals surface area contributed by atoms with Crippen LogP contribution in [-0.4, -0.2) is 21.1 Å². The number of nitrogens with zero attached hydrogens (tertiary/aromatic N) is 2. The largest absolute Gasteiger partial charge is 0.367 e. The fourth-order valence-corrected chi connectivity index (χ4v) is 2.21. The maximum atomic E-state index is 5.83. The van der Waals surface area contributed by atoms with E-state index in [1.165, 1.54) is 0 Å². The van der Waals surface area contributed by atoms with E-state index in [9.17, 15) is 0 Å². The number of anilines is 1. The first-order chi connectivity index (χ1) is 7.90. The minimum atomic E-state index is 0.523. The molecule has 0 radical (unpaired) electrons. The van der Waals surface area contributed by atoms with Crippen molar-refractivity contribution in [3.8, 4) is 11.3 Å². The van der Waals surface area contributed by atoms with Crippen molar-refractivity contribution in [1.82, 2.24) is 14.5 Å². The monoisotopic (exact) mass is 217 g/mol. The van der Waals surface area contributed by atoms with E-state index in [0.29, 0.717) is 6.54 Å². The first-order valence-electron chi connectivity index (χ1n) is 5.56. The van der Waals surface area contributed by atoms with Gasteiger partial charge in [-0.25, -0.2) is 4.98 Å². The molecule has 0 aliphatic carbocycles. The van der Waals surface area contributed by atoms with Crippen LogP contribution in [0.2, 0.25) is 0 Å². The predicted molar refractivity (Wildman–Crippen MR) is 63.0 cm³/mol. The zero-order valence-corrected chi connectivity index (χ0v) is 9.03. The minimum Gasteiger partial charge on any atom is -0.367 e. The normalized spacial score (nSPS) is 14.6. The SMILES string of the molecule is NCc1c(-c2cc[nH]c2)nc2n1CCCN2. The Morgan fingerprint density at radius 1 is 1.50 bits per heavy atom. The fourth-order valence-electron chi connectivity index (χ4n) is 2.21. The molecular weight excluding hydrogens is 202 g/mol. The molecule has 5 heteroatoms. The van der Waals surface area contributed by atoms with Crippen LogP contribution in [0.1, 0.15) is 12.1 Å². The van der Waals surface area contributed by atoms with E-state index in [4.69, 9.17) is 5.73 Å². The molecule has 16 heavy (non-hydrogen) atoms. The summed E-state index contributed by atoms with van der Waals surface area (Å²) in [6.07, 6.45) is 4.98. The molecule has 3 rings (SSSR count). The van der Waals surface area contributed by atoms with Crippen LogP contribution in [0.4, 0.5) is 5.95 Å². The van der Waals surface area contributed by atoms with Gasteiger partial charge in [0.2, 0.25) is 5.95 Å². The lowest BCUT2D eigenvalue weighted by atomic mass is 10.2. The summed E-state index contributed by atoms with van der Waals surface area (Å²) >= 11 is 0. The van der Waals surface area contributed by atoms with E-state index in [-0.39, 0.29) is 0 Å². The van der Waals surface area contributed by atoms with Gasteiger partial charge < -0.3 is 20.6 Å². The Kier molecular flexibility index (Phi) is 2.18. The summed E-state index contributed by atoms with van der Waals surface area (Å²) in [7, 11) is 0. The topological polar surface area (TPSA) is 71.7 Å². The van der Waals surface area contributed by atoms with Gasteiger partial charge in [-0.05, 0) is 12.5 Å². The molecule has 84 valence electrons. The third-order valence-electron chi connectivity index (χ3n) is 2.98. The lowest BCUT2D eigenvalue weighted by Gasteiger charge is -2.17. The molecular formula is C11H15N5. The average Bonchev–Trinajstić information content (AvgIpc) is 2.95. The van der Waals surface area contributed by atoms with Gasteiger partial charge in [-0.15, -0.1) is 0 Å². The average molecular weight is 217 g/mol. The van der Waals surface area contributed by atoms with Gasteiger partial charge >= 0.3 is 0 Å². The number of H-pyrrole nitrogens is 1. The lowest BCUT2D eigenvalue weighted by molar-refractivity contribution is 0.604. The van der Waals surface area contributed by atoms with Gasteiger partial charge in [-0.1, -0.05) is 0 Å². The lowest BCUT2D eigenvalue weighted by Crippen LogP contribution is -2.19. The summed E-state index contributed by atoms with van der Waals surface area (Å²) in [6, 6.07) is 2.02. The van der Waals surface area contributed by atoms with Crippen LogP contribution >= 0.6 is 0 Å². The summed E-state index contributed by atoms with van der Waals surface area (Å²) in [5, 5.41) is 3.31. The van der Waals surface area contributed by atoms with Gasteiger partial charge in [0.15, 0.2) is 0 Å². The molecule has 0 saturated heterocycles. The van der Waals surface area contributed by atoms with Crippen molar-refractivity contribution >= 4 is 5.95 Å². The molecule has 1 aliphatic rings. The fraction of sp³-hybridized carbons (Fsp3) is 0.364. The van der Waals surface area contributed by atoms with Crippen LogP contribution in [-0.2, 0) is 13.1 Å². The number of hydrogen-bond acceptors (Lipinski definition) is 3. The van der Waals surface area contributed by atoms with E-state index in [0.717, 1.165) is 42.4 Å². The molecule has 0 spiro atoms. The van der Waals surface area contributed by atoms with Crippen LogP contribution in [0.15, 0.2) is 18.5 Å². The maximum absolute atomic E-state index is 5.83. The third kappa shape index (κ3) is 1.32. The van der Waals surface area contributed by atoms with E-state index < -0.39 is 0 Å². The number of aromatic amines is 1. The van der Waals surface area contributed by atoms with Crippen molar-refractivity contribution in [2.24, 2.45) is 5.73 Å². The van der Waals surface area contributed by atoms with Gasteiger partial charge in [0, 0.05) is 37.6 Å². The number of aromatic nitrogens is 3. The number of fused-ring (bicyclic) bond motifs is 1. The van der Waals surface area contributed by atoms with Crippen LogP contribution in [0.25, 0.3) is 11.3 Å². The Hall–Kier alpha value is -1.75. The van der Waals surface area contributed by atoms with Crippen LogP contribution in [0, 0.1) is 0 Å². The first kappa shape index (κ1) is 9.47. The third-order valence-corrected chi connectivity index (χ3v) is 2.98. The molecule has 0 amide bonds. The second-order valence-corrected chi connectivity index (χ2v) is 3.97. The van der Waals surface area contributed by atoms with Crippen LogP contribution in [0.5, 0.6) is 0 Å². The molecule has 0 fully saturated rings. The van der Waals surface area contributed by atoms with Crippen molar-refractivity contribution < 1.29 is 0 Å². The van der Waals surface area contributed by atoms with Gasteiger partial charge in [-0.2, -0.15) is 0 Å². The van der Waals surface area contributed by atoms with Crippen molar-refractivity contribution in [2.75, 3.05) is 11.9 Å². The highest BCUT2D eigenvalue weighted by molar-refractivity contribution is 5.64. The van der Waals surface area contributed by atoms with Gasteiger partial charge in [-0.3, -0.25) is 0 Å². The number of nitrogens with two attached hydrogens (primary N) is 1. The van der Waals surface area contributed by atoms with Crippen LogP contribution < -0.4 is 11.1 Å². The molecule has 2 aromatic heterocycles. The first-order valence-corrected chi connectivity index (χ1v) is 5.56. The zero-order chi connectivity index (χ0) is 11.0. The number of hydrogen-bond donors (Lipinski definition) is 3. The second kappa shape index (κ2) is 3.68. The molecule has 3 heterocycles. The van der Waals surface area contributed by atoms with Crippen molar-refractivity contribution in [3.63, 3.8) is 0 Å². The zero-order valence-electron chi connectivity index (χ0n) is 9.03. The Morgan fingerprint density at radius 3 is 3.19 bits per heavy atom. The number of nitrogens with one attached hydrogen (secondary N) is 2. The second-order valence-electron chi connectivity index (χ2n) is 3.97. The molecule has 0 saturated carbocycles. The molecule has 0 atom stereocenters. The highest BCUT2D eigenvalue weighted by Crippen LogP contribution is 2.27. The number of imidazole rings is 1.